The van der Waals surface area contributed by atoms with Gasteiger partial charge in [-0.1, -0.05) is 13.3 Å². The third-order valence-corrected chi connectivity index (χ3v) is 5.20. The quantitative estimate of drug-likeness (QED) is 0.868. The maximum atomic E-state index is 11.6. The first-order valence-electron chi connectivity index (χ1n) is 7.02. The van der Waals surface area contributed by atoms with Crippen LogP contribution in [0, 0.1) is 12.3 Å². The molecule has 112 valence electrons. The lowest BCUT2D eigenvalue weighted by Crippen LogP contribution is -2.54. The lowest BCUT2D eigenvalue weighted by Gasteiger charge is -2.42. The molecule has 1 saturated heterocycles. The minimum absolute atomic E-state index is 0.420. The Morgan fingerprint density at radius 1 is 1.65 bits per heavy atom. The Morgan fingerprint density at radius 2 is 2.40 bits per heavy atom. The van der Waals surface area contributed by atoms with Gasteiger partial charge in [-0.25, -0.2) is 4.98 Å². The first kappa shape index (κ1) is 15.4. The van der Waals surface area contributed by atoms with Crippen LogP contribution in [-0.2, 0) is 11.3 Å². The van der Waals surface area contributed by atoms with Crippen LogP contribution in [0.3, 0.4) is 0 Å². The number of aliphatic hydroxyl groups is 1. The van der Waals surface area contributed by atoms with E-state index >= 15 is 0 Å². The molecule has 1 aliphatic heterocycles. The molecule has 1 aromatic heterocycles. The highest BCUT2D eigenvalue weighted by molar-refractivity contribution is 7.09. The van der Waals surface area contributed by atoms with Crippen molar-refractivity contribution in [3.05, 3.63) is 16.1 Å². The van der Waals surface area contributed by atoms with Gasteiger partial charge in [-0.3, -0.25) is 9.69 Å². The molecule has 0 aliphatic carbocycles. The summed E-state index contributed by atoms with van der Waals surface area (Å²) in [5.74, 6) is -0.861. The van der Waals surface area contributed by atoms with Crippen molar-refractivity contribution in [3.63, 3.8) is 0 Å². The number of carboxylic acids is 1. The second-order valence-corrected chi connectivity index (χ2v) is 6.51. The number of piperidine rings is 1. The lowest BCUT2D eigenvalue weighted by molar-refractivity contribution is -0.164. The number of hydrogen-bond donors (Lipinski definition) is 2. The Labute approximate surface area is 123 Å². The summed E-state index contributed by atoms with van der Waals surface area (Å²) in [5.41, 5.74) is 1.88. The third kappa shape index (κ3) is 2.87. The van der Waals surface area contributed by atoms with E-state index in [2.05, 4.69) is 9.88 Å². The molecule has 0 unspecified atom stereocenters. The van der Waals surface area contributed by atoms with E-state index in [1.807, 2.05) is 19.4 Å². The zero-order chi connectivity index (χ0) is 14.8. The molecule has 0 amide bonds. The highest BCUT2D eigenvalue weighted by atomic mass is 32.1. The number of thiazole rings is 1. The summed E-state index contributed by atoms with van der Waals surface area (Å²) in [7, 11) is 0. The zero-order valence-corrected chi connectivity index (χ0v) is 12.8. The second-order valence-electron chi connectivity index (χ2n) is 5.57. The number of β-amino-alcohol motifs (C(OH)–C–C–N with tert-alkyl or cyclic N) is 1. The van der Waals surface area contributed by atoms with Gasteiger partial charge in [0.15, 0.2) is 0 Å². The van der Waals surface area contributed by atoms with Gasteiger partial charge in [-0.15, -0.1) is 11.3 Å². The van der Waals surface area contributed by atoms with Crippen molar-refractivity contribution in [3.8, 4) is 0 Å². The number of aliphatic carboxylic acids is 1. The summed E-state index contributed by atoms with van der Waals surface area (Å²) in [6.45, 7) is 5.81. The van der Waals surface area contributed by atoms with Crippen LogP contribution in [-0.4, -0.2) is 45.3 Å². The van der Waals surface area contributed by atoms with Gasteiger partial charge >= 0.3 is 5.97 Å². The Kier molecular flexibility index (Phi) is 4.78. The van der Waals surface area contributed by atoms with Crippen LogP contribution < -0.4 is 0 Å². The molecule has 5 nitrogen and oxygen atoms in total. The Bertz CT molecular complexity index is 477. The van der Waals surface area contributed by atoms with Crippen molar-refractivity contribution in [1.29, 1.82) is 0 Å². The largest absolute Gasteiger partial charge is 0.481 e. The topological polar surface area (TPSA) is 73.7 Å². The number of carbonyl (C=O) groups is 1. The molecule has 6 heteroatoms. The molecule has 1 aromatic rings. The van der Waals surface area contributed by atoms with Crippen molar-refractivity contribution < 1.29 is 15.0 Å². The van der Waals surface area contributed by atoms with Gasteiger partial charge in [0.1, 0.15) is 0 Å². The molecule has 2 atom stereocenters. The van der Waals surface area contributed by atoms with Crippen molar-refractivity contribution in [1.82, 2.24) is 9.88 Å². The first-order chi connectivity index (χ1) is 9.49. The van der Waals surface area contributed by atoms with E-state index in [4.69, 9.17) is 0 Å². The van der Waals surface area contributed by atoms with Crippen LogP contribution in [0.2, 0.25) is 0 Å². The fraction of sp³-hybridized carbons (Fsp3) is 0.714. The molecule has 1 aliphatic rings. The number of nitrogens with zero attached hydrogens (tertiary/aromatic N) is 2. The molecule has 0 aromatic carbocycles. The molecular weight excluding hydrogens is 276 g/mol. The number of hydrogen-bond acceptors (Lipinski definition) is 5. The summed E-state index contributed by atoms with van der Waals surface area (Å²) in [5, 5.41) is 19.8. The highest BCUT2D eigenvalue weighted by Gasteiger charge is 2.47. The van der Waals surface area contributed by atoms with E-state index in [9.17, 15) is 15.0 Å². The lowest BCUT2D eigenvalue weighted by atomic mass is 9.73. The number of aryl methyl sites for hydroxylation is 1. The second kappa shape index (κ2) is 6.20. The molecule has 2 heterocycles. The third-order valence-electron chi connectivity index (χ3n) is 4.28. The van der Waals surface area contributed by atoms with E-state index in [0.717, 1.165) is 18.7 Å². The van der Waals surface area contributed by atoms with Crippen LogP contribution in [0.25, 0.3) is 0 Å². The normalized spacial score (nSPS) is 27.6. The molecule has 0 spiro atoms. The predicted octanol–water partition coefficient (Wildman–Crippen LogP) is 1.89. The maximum absolute atomic E-state index is 11.6. The average Bonchev–Trinajstić information content (AvgIpc) is 2.78. The van der Waals surface area contributed by atoms with Gasteiger partial charge < -0.3 is 10.2 Å². The minimum Gasteiger partial charge on any atom is -0.481 e. The summed E-state index contributed by atoms with van der Waals surface area (Å²) >= 11 is 1.61. The average molecular weight is 298 g/mol. The molecule has 20 heavy (non-hydrogen) atoms. The Morgan fingerprint density at radius 3 is 2.90 bits per heavy atom. The fourth-order valence-corrected chi connectivity index (χ4v) is 3.77. The van der Waals surface area contributed by atoms with Gasteiger partial charge in [0.2, 0.25) is 0 Å². The molecule has 0 bridgehead atoms. The monoisotopic (exact) mass is 298 g/mol. The Hall–Kier alpha value is -0.980. The van der Waals surface area contributed by atoms with Crippen LogP contribution in [0.5, 0.6) is 0 Å². The molecule has 2 N–H and O–H groups in total. The van der Waals surface area contributed by atoms with E-state index in [1.54, 1.807) is 11.3 Å². The van der Waals surface area contributed by atoms with Crippen molar-refractivity contribution in [2.75, 3.05) is 13.1 Å². The van der Waals surface area contributed by atoms with Gasteiger partial charge in [0, 0.05) is 18.0 Å². The summed E-state index contributed by atoms with van der Waals surface area (Å²) in [6, 6.07) is 0. The summed E-state index contributed by atoms with van der Waals surface area (Å²) in [4.78, 5) is 19.1. The fourth-order valence-electron chi connectivity index (χ4n) is 2.95. The van der Waals surface area contributed by atoms with E-state index in [-0.39, 0.29) is 0 Å². The predicted molar refractivity (Wildman–Crippen MR) is 77.7 cm³/mol. The molecule has 2 rings (SSSR count). The molecular formula is C14H22N2O3S. The highest BCUT2D eigenvalue weighted by Crippen LogP contribution is 2.37. The number of likely N-dealkylation sites (tertiary alicyclic amines) is 1. The van der Waals surface area contributed by atoms with Crippen molar-refractivity contribution >= 4 is 17.3 Å². The van der Waals surface area contributed by atoms with E-state index in [1.165, 1.54) is 4.88 Å². The summed E-state index contributed by atoms with van der Waals surface area (Å²) in [6.07, 6.45) is 1.02. The number of rotatable bonds is 5. The van der Waals surface area contributed by atoms with Crippen molar-refractivity contribution in [2.24, 2.45) is 5.41 Å². The van der Waals surface area contributed by atoms with Gasteiger partial charge in [0.05, 0.1) is 22.7 Å². The van der Waals surface area contributed by atoms with Crippen LogP contribution in [0.15, 0.2) is 5.51 Å². The maximum Gasteiger partial charge on any atom is 0.312 e. The van der Waals surface area contributed by atoms with Gasteiger partial charge in [0.25, 0.3) is 0 Å². The number of aliphatic hydroxyl groups excluding tert-OH is 1. The number of carboxylic acid groups (broad SMARTS) is 1. The SMILES string of the molecule is CCC[C@]1(C(=O)O)CCN(Cc2scnc2C)C[C@@H]1O. The smallest absolute Gasteiger partial charge is 0.312 e. The standard InChI is InChI=1S/C14H22N2O3S/c1-3-4-14(13(18)19)5-6-16(8-12(14)17)7-11-10(2)15-9-20-11/h9,12,17H,3-8H2,1-2H3,(H,18,19)/t12-,14-/m0/s1. The van der Waals surface area contributed by atoms with Gasteiger partial charge in [-0.05, 0) is 26.3 Å². The Balaban J connectivity index is 2.04. The molecule has 0 saturated carbocycles. The van der Waals surface area contributed by atoms with Crippen molar-refractivity contribution in [2.45, 2.75) is 45.8 Å². The summed E-state index contributed by atoms with van der Waals surface area (Å²) < 4.78 is 0. The molecule has 1 fully saturated rings. The van der Waals surface area contributed by atoms with Gasteiger partial charge in [-0.2, -0.15) is 0 Å². The van der Waals surface area contributed by atoms with Crippen LogP contribution >= 0.6 is 11.3 Å². The van der Waals surface area contributed by atoms with E-state index < -0.39 is 17.5 Å². The number of aromatic nitrogens is 1. The van der Waals surface area contributed by atoms with E-state index in [0.29, 0.717) is 25.9 Å². The van der Waals surface area contributed by atoms with Crippen LogP contribution in [0.1, 0.15) is 36.8 Å². The zero-order valence-electron chi connectivity index (χ0n) is 12.0. The first-order valence-corrected chi connectivity index (χ1v) is 7.90. The minimum atomic E-state index is -0.964. The van der Waals surface area contributed by atoms with Crippen LogP contribution in [0.4, 0.5) is 0 Å². The molecule has 0 radical (unpaired) electrons.